The van der Waals surface area contributed by atoms with Crippen molar-refractivity contribution in [2.75, 3.05) is 16.9 Å². The van der Waals surface area contributed by atoms with Crippen LogP contribution in [0.4, 0.5) is 16.2 Å². The Morgan fingerprint density at radius 2 is 1.86 bits per heavy atom. The summed E-state index contributed by atoms with van der Waals surface area (Å²) in [5.41, 5.74) is 4.97. The maximum absolute atomic E-state index is 12.5. The van der Waals surface area contributed by atoms with Crippen molar-refractivity contribution >= 4 is 33.2 Å². The van der Waals surface area contributed by atoms with E-state index in [2.05, 4.69) is 21.5 Å². The first kappa shape index (κ1) is 22.0. The summed E-state index contributed by atoms with van der Waals surface area (Å²) >= 11 is 0. The minimum atomic E-state index is -3.47. The molecule has 1 aromatic carbocycles. The van der Waals surface area contributed by atoms with Crippen LogP contribution in [-0.4, -0.2) is 44.4 Å². The second-order valence-corrected chi connectivity index (χ2v) is 9.84. The van der Waals surface area contributed by atoms with Gasteiger partial charge < -0.3 is 15.4 Å². The summed E-state index contributed by atoms with van der Waals surface area (Å²) in [6.07, 6.45) is 2.32. The van der Waals surface area contributed by atoms with Gasteiger partial charge in [0, 0.05) is 12.3 Å². The number of hydrazine groups is 1. The van der Waals surface area contributed by atoms with Crippen LogP contribution in [0.2, 0.25) is 0 Å². The molecule has 0 aromatic heterocycles. The van der Waals surface area contributed by atoms with Crippen molar-refractivity contribution in [2.24, 2.45) is 0 Å². The van der Waals surface area contributed by atoms with E-state index in [1.807, 2.05) is 0 Å². The second-order valence-electron chi connectivity index (χ2n) is 7.85. The van der Waals surface area contributed by atoms with Crippen LogP contribution in [0.15, 0.2) is 23.1 Å². The van der Waals surface area contributed by atoms with E-state index >= 15 is 0 Å². The predicted octanol–water partition coefficient (Wildman–Crippen LogP) is 2.02. The number of carbonyl (C=O) groups excluding carboxylic acids is 2. The fourth-order valence-corrected chi connectivity index (χ4v) is 3.17. The summed E-state index contributed by atoms with van der Waals surface area (Å²) in [4.78, 5) is 24.3. The molecule has 0 bridgehead atoms. The number of nitrogens with one attached hydrogen (secondary N) is 4. The third-order valence-corrected chi connectivity index (χ3v) is 4.93. The van der Waals surface area contributed by atoms with E-state index in [4.69, 9.17) is 4.74 Å². The molecule has 1 aromatic rings. The zero-order valence-electron chi connectivity index (χ0n) is 16.8. The molecule has 1 atom stereocenters. The summed E-state index contributed by atoms with van der Waals surface area (Å²) in [6.45, 7) is 6.74. The van der Waals surface area contributed by atoms with E-state index in [9.17, 15) is 18.0 Å². The Morgan fingerprint density at radius 3 is 2.39 bits per heavy atom. The smallest absolute Gasteiger partial charge is 0.422 e. The number of para-hydroxylation sites is 1. The zero-order chi connectivity index (χ0) is 21.1. The highest BCUT2D eigenvalue weighted by atomic mass is 32.2. The van der Waals surface area contributed by atoms with Gasteiger partial charge in [-0.05, 0) is 52.7 Å². The van der Waals surface area contributed by atoms with Gasteiger partial charge in [-0.15, -0.1) is 0 Å². The molecule has 10 heteroatoms. The van der Waals surface area contributed by atoms with Crippen LogP contribution in [0.5, 0.6) is 0 Å². The van der Waals surface area contributed by atoms with Crippen molar-refractivity contribution < 1.29 is 22.7 Å². The molecule has 0 saturated heterocycles. The molecule has 9 nitrogen and oxygen atoms in total. The number of carbonyl (C=O) groups is 2. The first-order valence-electron chi connectivity index (χ1n) is 9.02. The highest BCUT2D eigenvalue weighted by molar-refractivity contribution is 7.90. The van der Waals surface area contributed by atoms with Gasteiger partial charge in [-0.25, -0.2) is 18.6 Å². The quantitative estimate of drug-likeness (QED) is 0.505. The van der Waals surface area contributed by atoms with Gasteiger partial charge in [0.25, 0.3) is 0 Å². The Balaban J connectivity index is 2.07. The first-order valence-corrected chi connectivity index (χ1v) is 10.9. The molecule has 4 N–H and O–H groups in total. The van der Waals surface area contributed by atoms with Crippen molar-refractivity contribution in [3.8, 4) is 0 Å². The minimum absolute atomic E-state index is 0.129. The fourth-order valence-electron chi connectivity index (χ4n) is 2.30. The van der Waals surface area contributed by atoms with Gasteiger partial charge in [0.15, 0.2) is 9.84 Å². The van der Waals surface area contributed by atoms with Crippen molar-refractivity contribution in [3.63, 3.8) is 0 Å². The molecule has 0 aliphatic heterocycles. The summed E-state index contributed by atoms with van der Waals surface area (Å²) < 4.78 is 29.3. The Kier molecular flexibility index (Phi) is 6.56. The van der Waals surface area contributed by atoms with Crippen LogP contribution >= 0.6 is 0 Å². The maximum Gasteiger partial charge on any atom is 0.422 e. The van der Waals surface area contributed by atoms with Gasteiger partial charge in [-0.2, -0.15) is 0 Å². The average molecular weight is 413 g/mol. The normalized spacial score (nSPS) is 15.5. The molecule has 0 radical (unpaired) electrons. The fraction of sp³-hybridized carbons (Fsp3) is 0.556. The van der Waals surface area contributed by atoms with Gasteiger partial charge in [0.05, 0.1) is 16.3 Å². The third kappa shape index (κ3) is 6.68. The standard InChI is InChI=1S/C18H28N4O5S/c1-11(21-22-17(24)27-18(2,3)4)16(23)20-13-7-6-8-14(28(5,25)26)15(13)19-12-9-10-12/h6-8,11-12,19,21H,9-10H2,1-5H3,(H,20,23)(H,22,24). The topological polar surface area (TPSA) is 126 Å². The van der Waals surface area contributed by atoms with Gasteiger partial charge in [0.1, 0.15) is 11.6 Å². The molecule has 156 valence electrons. The monoisotopic (exact) mass is 412 g/mol. The van der Waals surface area contributed by atoms with E-state index < -0.39 is 33.5 Å². The largest absolute Gasteiger partial charge is 0.443 e. The predicted molar refractivity (Wildman–Crippen MR) is 107 cm³/mol. The third-order valence-electron chi connectivity index (χ3n) is 3.79. The van der Waals surface area contributed by atoms with Gasteiger partial charge in [-0.3, -0.25) is 10.2 Å². The number of hydrogen-bond donors (Lipinski definition) is 4. The Labute approximate surface area is 165 Å². The minimum Gasteiger partial charge on any atom is -0.443 e. The molecule has 0 spiro atoms. The number of benzene rings is 1. The molecule has 1 saturated carbocycles. The maximum atomic E-state index is 12.5. The number of rotatable bonds is 7. The molecule has 0 heterocycles. The Morgan fingerprint density at radius 1 is 1.21 bits per heavy atom. The lowest BCUT2D eigenvalue weighted by molar-refractivity contribution is -0.117. The molecule has 1 fully saturated rings. The summed E-state index contributed by atoms with van der Waals surface area (Å²) in [5, 5.41) is 5.88. The zero-order valence-corrected chi connectivity index (χ0v) is 17.6. The van der Waals surface area contributed by atoms with Crippen LogP contribution < -0.4 is 21.5 Å². The number of amides is 2. The Hall–Kier alpha value is -2.33. The summed E-state index contributed by atoms with van der Waals surface area (Å²) in [6, 6.07) is 4.11. The second kappa shape index (κ2) is 8.36. The number of sulfone groups is 1. The average Bonchev–Trinajstić information content (AvgIpc) is 3.35. The first-order chi connectivity index (χ1) is 12.9. The lowest BCUT2D eigenvalue weighted by Crippen LogP contribution is -2.49. The van der Waals surface area contributed by atoms with Crippen LogP contribution in [0, 0.1) is 0 Å². The molecular weight excluding hydrogens is 384 g/mol. The lowest BCUT2D eigenvalue weighted by atomic mass is 10.2. The molecule has 1 unspecified atom stereocenters. The van der Waals surface area contributed by atoms with Gasteiger partial charge in [-0.1, -0.05) is 6.07 Å². The van der Waals surface area contributed by atoms with Crippen LogP contribution in [0.25, 0.3) is 0 Å². The molecule has 2 rings (SSSR count). The summed E-state index contributed by atoms with van der Waals surface area (Å²) in [5.74, 6) is -0.444. The summed E-state index contributed by atoms with van der Waals surface area (Å²) in [7, 11) is -3.47. The number of anilines is 2. The van der Waals surface area contributed by atoms with Crippen molar-refractivity contribution in [3.05, 3.63) is 18.2 Å². The molecule has 1 aliphatic carbocycles. The number of hydrogen-bond acceptors (Lipinski definition) is 7. The van der Waals surface area contributed by atoms with Crippen molar-refractivity contribution in [1.29, 1.82) is 0 Å². The van der Waals surface area contributed by atoms with E-state index in [0.29, 0.717) is 11.4 Å². The highest BCUT2D eigenvalue weighted by Crippen LogP contribution is 2.34. The highest BCUT2D eigenvalue weighted by Gasteiger charge is 2.27. The van der Waals surface area contributed by atoms with E-state index in [1.54, 1.807) is 39.8 Å². The molecule has 2 amide bonds. The van der Waals surface area contributed by atoms with E-state index in [0.717, 1.165) is 19.1 Å². The van der Waals surface area contributed by atoms with E-state index in [1.165, 1.54) is 6.07 Å². The van der Waals surface area contributed by atoms with Gasteiger partial charge >= 0.3 is 6.09 Å². The van der Waals surface area contributed by atoms with Crippen LogP contribution in [-0.2, 0) is 19.4 Å². The van der Waals surface area contributed by atoms with Gasteiger partial charge in [0.2, 0.25) is 5.91 Å². The van der Waals surface area contributed by atoms with Crippen LogP contribution in [0.3, 0.4) is 0 Å². The van der Waals surface area contributed by atoms with E-state index in [-0.39, 0.29) is 10.9 Å². The lowest BCUT2D eigenvalue weighted by Gasteiger charge is -2.22. The SMILES string of the molecule is CC(NNC(=O)OC(C)(C)C)C(=O)Nc1cccc(S(C)(=O)=O)c1NC1CC1. The van der Waals surface area contributed by atoms with Crippen molar-refractivity contribution in [2.45, 2.75) is 63.1 Å². The van der Waals surface area contributed by atoms with Crippen molar-refractivity contribution in [1.82, 2.24) is 10.9 Å². The molecular formula is C18H28N4O5S. The molecule has 1 aliphatic rings. The molecule has 28 heavy (non-hydrogen) atoms. The number of ether oxygens (including phenoxy) is 1. The van der Waals surface area contributed by atoms with Crippen LogP contribution in [0.1, 0.15) is 40.5 Å². The Bertz CT molecular complexity index is 844.